The molecule has 6 heteroatoms. The molecule has 5 atom stereocenters. The molecule has 4 aliphatic rings. The summed E-state index contributed by atoms with van der Waals surface area (Å²) in [6, 6.07) is 3.92. The highest BCUT2D eigenvalue weighted by atomic mass is 19.2. The fourth-order valence-electron chi connectivity index (χ4n) is 6.90. The van der Waals surface area contributed by atoms with Crippen molar-refractivity contribution >= 4 is 11.8 Å². The molecule has 2 amide bonds. The van der Waals surface area contributed by atoms with E-state index in [2.05, 4.69) is 5.32 Å². The molecule has 1 saturated heterocycles. The van der Waals surface area contributed by atoms with Gasteiger partial charge in [0.05, 0.1) is 6.42 Å². The summed E-state index contributed by atoms with van der Waals surface area (Å²) in [5.74, 6) is 1.44. The van der Waals surface area contributed by atoms with E-state index in [4.69, 9.17) is 0 Å². The molecule has 1 aliphatic heterocycles. The summed E-state index contributed by atoms with van der Waals surface area (Å²) in [6.07, 6.45) is 9.21. The fourth-order valence-corrected chi connectivity index (χ4v) is 6.90. The van der Waals surface area contributed by atoms with Crippen molar-refractivity contribution in [3.63, 3.8) is 0 Å². The van der Waals surface area contributed by atoms with Gasteiger partial charge in [-0.2, -0.15) is 0 Å². The highest BCUT2D eigenvalue weighted by Crippen LogP contribution is 2.53. The number of amides is 2. The molecule has 3 bridgehead atoms. The SMILES string of the molecule is O=C(NC1CC[C@@H]2CC3CC1[C@@H](C3)C2)C1CCN(C(=O)Cc2ccc(F)c(F)c2)CC1. The first-order valence-electron chi connectivity index (χ1n) is 12.0. The minimum Gasteiger partial charge on any atom is -0.353 e. The van der Waals surface area contributed by atoms with Crippen LogP contribution in [0.2, 0.25) is 0 Å². The Bertz CT molecular complexity index is 852. The predicted octanol–water partition coefficient (Wildman–Crippen LogP) is 4.08. The molecule has 0 radical (unpaired) electrons. The molecule has 31 heavy (non-hydrogen) atoms. The summed E-state index contributed by atoms with van der Waals surface area (Å²) in [6.45, 7) is 1.09. The first-order chi connectivity index (χ1) is 15.0. The number of nitrogens with zero attached hydrogens (tertiary/aromatic N) is 1. The monoisotopic (exact) mass is 430 g/mol. The third-order valence-corrected chi connectivity index (χ3v) is 8.44. The van der Waals surface area contributed by atoms with Crippen LogP contribution in [0.3, 0.4) is 0 Å². The standard InChI is InChI=1S/C25H32F2N2O2/c26-21-3-1-16(13-22(21)27)14-24(30)29-7-5-18(6-8-29)25(31)28-23-4-2-15-9-17-11-19(10-15)20(23)12-17/h1,3,13,15,17-20,23H,2,4-12,14H2,(H,28,31)/t15-,17?,19-,20?,23?/m1/s1. The van der Waals surface area contributed by atoms with E-state index < -0.39 is 11.6 Å². The Hall–Kier alpha value is -1.98. The Morgan fingerprint density at radius 3 is 2.48 bits per heavy atom. The molecule has 4 nitrogen and oxygen atoms in total. The van der Waals surface area contributed by atoms with Crippen LogP contribution >= 0.6 is 0 Å². The van der Waals surface area contributed by atoms with Gasteiger partial charge in [0.2, 0.25) is 11.8 Å². The zero-order chi connectivity index (χ0) is 21.5. The van der Waals surface area contributed by atoms with E-state index in [0.717, 1.165) is 36.3 Å². The van der Waals surface area contributed by atoms with Crippen LogP contribution in [0.5, 0.6) is 0 Å². The van der Waals surface area contributed by atoms with Gasteiger partial charge in [0.15, 0.2) is 11.6 Å². The molecule has 1 aromatic rings. The normalized spacial score (nSPS) is 32.7. The van der Waals surface area contributed by atoms with Crippen molar-refractivity contribution in [1.29, 1.82) is 0 Å². The van der Waals surface area contributed by atoms with Gasteiger partial charge in [-0.3, -0.25) is 9.59 Å². The van der Waals surface area contributed by atoms with Crippen LogP contribution in [-0.2, 0) is 16.0 Å². The smallest absolute Gasteiger partial charge is 0.226 e. The number of hydrogen-bond donors (Lipinski definition) is 1. The van der Waals surface area contributed by atoms with Gasteiger partial charge in [-0.25, -0.2) is 8.78 Å². The third-order valence-electron chi connectivity index (χ3n) is 8.44. The van der Waals surface area contributed by atoms with E-state index in [9.17, 15) is 18.4 Å². The number of nitrogens with one attached hydrogen (secondary N) is 1. The lowest BCUT2D eigenvalue weighted by molar-refractivity contribution is -0.135. The summed E-state index contributed by atoms with van der Waals surface area (Å²) in [5.41, 5.74) is 0.473. The van der Waals surface area contributed by atoms with Gasteiger partial charge in [0.25, 0.3) is 0 Å². The zero-order valence-corrected chi connectivity index (χ0v) is 18.0. The van der Waals surface area contributed by atoms with Gasteiger partial charge < -0.3 is 10.2 Å². The van der Waals surface area contributed by atoms with E-state index >= 15 is 0 Å². The topological polar surface area (TPSA) is 49.4 Å². The highest BCUT2D eigenvalue weighted by molar-refractivity contribution is 5.81. The van der Waals surface area contributed by atoms with Gasteiger partial charge in [-0.15, -0.1) is 0 Å². The molecule has 1 heterocycles. The van der Waals surface area contributed by atoms with Crippen LogP contribution in [-0.4, -0.2) is 35.8 Å². The van der Waals surface area contributed by atoms with Gasteiger partial charge in [0, 0.05) is 25.0 Å². The van der Waals surface area contributed by atoms with Crippen molar-refractivity contribution in [1.82, 2.24) is 10.2 Å². The van der Waals surface area contributed by atoms with Gasteiger partial charge in [-0.1, -0.05) is 6.07 Å². The maximum absolute atomic E-state index is 13.4. The molecule has 5 rings (SSSR count). The number of carbonyl (C=O) groups is 2. The van der Waals surface area contributed by atoms with Crippen LogP contribution < -0.4 is 5.32 Å². The van der Waals surface area contributed by atoms with Crippen molar-refractivity contribution in [2.24, 2.45) is 29.6 Å². The van der Waals surface area contributed by atoms with Crippen LogP contribution in [0, 0.1) is 41.2 Å². The van der Waals surface area contributed by atoms with Gasteiger partial charge >= 0.3 is 0 Å². The molecular formula is C25H32F2N2O2. The molecule has 3 aliphatic carbocycles. The largest absolute Gasteiger partial charge is 0.353 e. The number of carbonyl (C=O) groups excluding carboxylic acids is 2. The molecule has 1 aromatic carbocycles. The average molecular weight is 431 g/mol. The van der Waals surface area contributed by atoms with Gasteiger partial charge in [0.1, 0.15) is 0 Å². The molecular weight excluding hydrogens is 398 g/mol. The van der Waals surface area contributed by atoms with Crippen molar-refractivity contribution in [3.05, 3.63) is 35.4 Å². The number of benzene rings is 1. The lowest BCUT2D eigenvalue weighted by Crippen LogP contribution is -2.47. The van der Waals surface area contributed by atoms with Crippen LogP contribution in [0.25, 0.3) is 0 Å². The number of halogens is 2. The number of piperidine rings is 1. The maximum atomic E-state index is 13.4. The molecule has 3 saturated carbocycles. The van der Waals surface area contributed by atoms with E-state index in [1.165, 1.54) is 38.2 Å². The molecule has 3 unspecified atom stereocenters. The first kappa shape index (κ1) is 20.9. The second-order valence-corrected chi connectivity index (χ2v) is 10.4. The Labute approximate surface area is 182 Å². The summed E-state index contributed by atoms with van der Waals surface area (Å²) in [5, 5.41) is 3.42. The average Bonchev–Trinajstić information content (AvgIpc) is 3.01. The lowest BCUT2D eigenvalue weighted by atomic mass is 9.80. The maximum Gasteiger partial charge on any atom is 0.226 e. The van der Waals surface area contributed by atoms with Crippen LogP contribution in [0.4, 0.5) is 8.78 Å². The minimum atomic E-state index is -0.930. The number of rotatable bonds is 4. The minimum absolute atomic E-state index is 0.0371. The summed E-state index contributed by atoms with van der Waals surface area (Å²) in [4.78, 5) is 27.3. The number of likely N-dealkylation sites (tertiary alicyclic amines) is 1. The summed E-state index contributed by atoms with van der Waals surface area (Å²) < 4.78 is 26.5. The Balaban J connectivity index is 1.12. The molecule has 1 N–H and O–H groups in total. The van der Waals surface area contributed by atoms with Crippen molar-refractivity contribution < 1.29 is 18.4 Å². The molecule has 4 fully saturated rings. The van der Waals surface area contributed by atoms with Gasteiger partial charge in [-0.05, 0) is 92.7 Å². The molecule has 0 spiro atoms. The van der Waals surface area contributed by atoms with Crippen LogP contribution in [0.15, 0.2) is 18.2 Å². The molecule has 168 valence electrons. The van der Waals surface area contributed by atoms with E-state index in [0.29, 0.717) is 43.5 Å². The van der Waals surface area contributed by atoms with Crippen LogP contribution in [0.1, 0.15) is 56.9 Å². The second-order valence-electron chi connectivity index (χ2n) is 10.4. The van der Waals surface area contributed by atoms with E-state index in [1.807, 2.05) is 0 Å². The van der Waals surface area contributed by atoms with Crippen molar-refractivity contribution in [2.45, 2.75) is 63.8 Å². The fraction of sp³-hybridized carbons (Fsp3) is 0.680. The third kappa shape index (κ3) is 4.35. The number of hydrogen-bond acceptors (Lipinski definition) is 2. The molecule has 0 aromatic heterocycles. The summed E-state index contributed by atoms with van der Waals surface area (Å²) in [7, 11) is 0. The number of fused-ring (bicyclic) bond motifs is 2. The predicted molar refractivity (Wildman–Crippen MR) is 113 cm³/mol. The summed E-state index contributed by atoms with van der Waals surface area (Å²) >= 11 is 0. The highest BCUT2D eigenvalue weighted by Gasteiger charge is 2.46. The first-order valence-corrected chi connectivity index (χ1v) is 12.0. The van der Waals surface area contributed by atoms with Crippen molar-refractivity contribution in [3.8, 4) is 0 Å². The lowest BCUT2D eigenvalue weighted by Gasteiger charge is -2.34. The Morgan fingerprint density at radius 1 is 0.935 bits per heavy atom. The van der Waals surface area contributed by atoms with Crippen molar-refractivity contribution in [2.75, 3.05) is 13.1 Å². The Kier molecular flexibility index (Phi) is 5.74. The van der Waals surface area contributed by atoms with E-state index in [-0.39, 0.29) is 24.2 Å². The zero-order valence-electron chi connectivity index (χ0n) is 18.0. The Morgan fingerprint density at radius 2 is 1.71 bits per heavy atom. The van der Waals surface area contributed by atoms with E-state index in [1.54, 1.807) is 4.90 Å². The second kappa shape index (κ2) is 8.51. The quantitative estimate of drug-likeness (QED) is 0.783.